The van der Waals surface area contributed by atoms with Gasteiger partial charge in [-0.3, -0.25) is 19.3 Å². The van der Waals surface area contributed by atoms with Crippen molar-refractivity contribution in [2.75, 3.05) is 11.9 Å². The largest absolute Gasteiger partial charge is 0.416 e. The van der Waals surface area contributed by atoms with Crippen molar-refractivity contribution in [3.63, 3.8) is 0 Å². The van der Waals surface area contributed by atoms with Crippen molar-refractivity contribution in [3.8, 4) is 0 Å². The van der Waals surface area contributed by atoms with Gasteiger partial charge in [-0.05, 0) is 42.1 Å². The van der Waals surface area contributed by atoms with Crippen molar-refractivity contribution in [2.24, 2.45) is 0 Å². The quantitative estimate of drug-likeness (QED) is 0.592. The van der Waals surface area contributed by atoms with Crippen molar-refractivity contribution < 1.29 is 27.6 Å². The van der Waals surface area contributed by atoms with Gasteiger partial charge in [-0.25, -0.2) is 0 Å². The van der Waals surface area contributed by atoms with Crippen LogP contribution in [0.4, 0.5) is 18.9 Å². The highest BCUT2D eigenvalue weighted by molar-refractivity contribution is 6.25. The summed E-state index contributed by atoms with van der Waals surface area (Å²) in [5.41, 5.74) is 0.0374. The van der Waals surface area contributed by atoms with E-state index in [9.17, 15) is 27.6 Å². The number of halogens is 3. The van der Waals surface area contributed by atoms with Crippen LogP contribution < -0.4 is 5.32 Å². The van der Waals surface area contributed by atoms with Crippen LogP contribution in [0.25, 0.3) is 10.8 Å². The Hall–Kier alpha value is -3.68. The van der Waals surface area contributed by atoms with Crippen LogP contribution in [0.5, 0.6) is 0 Å². The Labute approximate surface area is 175 Å². The topological polar surface area (TPSA) is 66.5 Å². The van der Waals surface area contributed by atoms with Crippen LogP contribution in [0, 0.1) is 0 Å². The van der Waals surface area contributed by atoms with Crippen molar-refractivity contribution in [1.82, 2.24) is 4.90 Å². The highest BCUT2D eigenvalue weighted by Gasteiger charge is 2.32. The minimum absolute atomic E-state index is 0.0262. The number of carbonyl (C=O) groups excluding carboxylic acids is 3. The first-order chi connectivity index (χ1) is 14.8. The molecule has 1 aliphatic heterocycles. The van der Waals surface area contributed by atoms with Gasteiger partial charge in [0.2, 0.25) is 5.91 Å². The van der Waals surface area contributed by atoms with E-state index in [-0.39, 0.29) is 25.1 Å². The molecule has 158 valence electrons. The number of nitrogens with zero attached hydrogens (tertiary/aromatic N) is 1. The predicted octanol–water partition coefficient (Wildman–Crippen LogP) is 4.87. The van der Waals surface area contributed by atoms with Crippen LogP contribution in [0.15, 0.2) is 60.7 Å². The number of hydrogen-bond donors (Lipinski definition) is 1. The molecular formula is C23H17F3N2O3. The van der Waals surface area contributed by atoms with E-state index < -0.39 is 29.5 Å². The van der Waals surface area contributed by atoms with E-state index in [0.29, 0.717) is 16.5 Å². The molecule has 1 aliphatic rings. The lowest BCUT2D eigenvalue weighted by atomic mass is 9.94. The molecule has 1 heterocycles. The summed E-state index contributed by atoms with van der Waals surface area (Å²) < 4.78 is 38.4. The highest BCUT2D eigenvalue weighted by atomic mass is 19.4. The van der Waals surface area contributed by atoms with Crippen LogP contribution in [-0.4, -0.2) is 29.2 Å². The standard InChI is InChI=1S/C23H17F3N2O3/c24-23(25,26)15-7-3-8-16(13-15)27-19(29)11-4-12-28-21(30)17-9-1-5-14-6-2-10-18(20(14)17)22(28)31/h1-3,5-10,13H,4,11-12H2,(H,27,29). The number of anilines is 1. The Balaban J connectivity index is 1.41. The van der Waals surface area contributed by atoms with Crippen molar-refractivity contribution in [2.45, 2.75) is 19.0 Å². The second-order valence-electron chi connectivity index (χ2n) is 7.20. The smallest absolute Gasteiger partial charge is 0.326 e. The highest BCUT2D eigenvalue weighted by Crippen LogP contribution is 2.31. The molecule has 0 bridgehead atoms. The summed E-state index contributed by atoms with van der Waals surface area (Å²) in [7, 11) is 0. The molecular weight excluding hydrogens is 409 g/mol. The molecule has 1 N–H and O–H groups in total. The molecule has 0 aliphatic carbocycles. The Kier molecular flexibility index (Phi) is 5.22. The third-order valence-electron chi connectivity index (χ3n) is 5.12. The molecule has 3 amide bonds. The average molecular weight is 426 g/mol. The van der Waals surface area contributed by atoms with Crippen molar-refractivity contribution in [3.05, 3.63) is 77.4 Å². The maximum absolute atomic E-state index is 12.8. The van der Waals surface area contributed by atoms with Gasteiger partial charge in [-0.1, -0.05) is 30.3 Å². The first-order valence-corrected chi connectivity index (χ1v) is 9.61. The zero-order chi connectivity index (χ0) is 22.2. The third kappa shape index (κ3) is 4.01. The van der Waals surface area contributed by atoms with E-state index in [0.717, 1.165) is 22.4 Å². The molecule has 0 aromatic heterocycles. The second-order valence-corrected chi connectivity index (χ2v) is 7.20. The molecule has 0 atom stereocenters. The number of nitrogens with one attached hydrogen (secondary N) is 1. The van der Waals surface area contributed by atoms with Crippen LogP contribution in [0.3, 0.4) is 0 Å². The summed E-state index contributed by atoms with van der Waals surface area (Å²) in [6, 6.07) is 14.8. The first kappa shape index (κ1) is 20.6. The summed E-state index contributed by atoms with van der Waals surface area (Å²) in [6.45, 7) is 0.0262. The molecule has 3 aromatic carbocycles. The van der Waals surface area contributed by atoms with Crippen LogP contribution in [0.2, 0.25) is 0 Å². The van der Waals surface area contributed by atoms with E-state index >= 15 is 0 Å². The lowest BCUT2D eigenvalue weighted by Gasteiger charge is -2.27. The summed E-state index contributed by atoms with van der Waals surface area (Å²) in [6.07, 6.45) is -4.38. The van der Waals surface area contributed by atoms with E-state index in [4.69, 9.17) is 0 Å². The average Bonchev–Trinajstić information content (AvgIpc) is 2.74. The molecule has 0 spiro atoms. The van der Waals surface area contributed by atoms with E-state index in [1.165, 1.54) is 12.1 Å². The molecule has 0 saturated carbocycles. The monoisotopic (exact) mass is 426 g/mol. The zero-order valence-electron chi connectivity index (χ0n) is 16.2. The van der Waals surface area contributed by atoms with Gasteiger partial charge in [0.05, 0.1) is 5.56 Å². The van der Waals surface area contributed by atoms with Crippen LogP contribution >= 0.6 is 0 Å². The molecule has 31 heavy (non-hydrogen) atoms. The van der Waals surface area contributed by atoms with Gasteiger partial charge in [-0.15, -0.1) is 0 Å². The maximum atomic E-state index is 12.8. The Morgan fingerprint density at radius 1 is 0.903 bits per heavy atom. The number of imide groups is 1. The SMILES string of the molecule is O=C(CCCN1C(=O)c2cccc3cccc(c23)C1=O)Nc1cccc(C(F)(F)F)c1. The molecule has 8 heteroatoms. The summed E-state index contributed by atoms with van der Waals surface area (Å²) in [5.74, 6) is -1.35. The molecule has 0 fully saturated rings. The normalized spacial score (nSPS) is 13.6. The number of amides is 3. The molecule has 5 nitrogen and oxygen atoms in total. The lowest BCUT2D eigenvalue weighted by Crippen LogP contribution is -2.41. The van der Waals surface area contributed by atoms with Gasteiger partial charge in [0.25, 0.3) is 11.8 Å². The van der Waals surface area contributed by atoms with E-state index in [2.05, 4.69) is 5.32 Å². The molecule has 0 saturated heterocycles. The number of alkyl halides is 3. The van der Waals surface area contributed by atoms with Gasteiger partial charge < -0.3 is 5.32 Å². The lowest BCUT2D eigenvalue weighted by molar-refractivity contribution is -0.137. The maximum Gasteiger partial charge on any atom is 0.416 e. The first-order valence-electron chi connectivity index (χ1n) is 9.61. The predicted molar refractivity (Wildman–Crippen MR) is 109 cm³/mol. The van der Waals surface area contributed by atoms with E-state index in [1.807, 2.05) is 12.1 Å². The van der Waals surface area contributed by atoms with Crippen LogP contribution in [0.1, 0.15) is 39.1 Å². The summed E-state index contributed by atoms with van der Waals surface area (Å²) in [5, 5.41) is 3.85. The van der Waals surface area contributed by atoms with Gasteiger partial charge in [0.1, 0.15) is 0 Å². The fourth-order valence-corrected chi connectivity index (χ4v) is 3.68. The van der Waals surface area contributed by atoms with Gasteiger partial charge in [0, 0.05) is 35.2 Å². The van der Waals surface area contributed by atoms with Crippen molar-refractivity contribution in [1.29, 1.82) is 0 Å². The number of rotatable bonds is 5. The Bertz CT molecular complexity index is 1150. The number of hydrogen-bond acceptors (Lipinski definition) is 3. The molecule has 0 unspecified atom stereocenters. The minimum atomic E-state index is -4.51. The summed E-state index contributed by atoms with van der Waals surface area (Å²) >= 11 is 0. The number of carbonyl (C=O) groups is 3. The molecule has 4 rings (SSSR count). The van der Waals surface area contributed by atoms with Crippen molar-refractivity contribution >= 4 is 34.2 Å². The second kappa shape index (κ2) is 7.86. The zero-order valence-corrected chi connectivity index (χ0v) is 16.2. The Morgan fingerprint density at radius 3 is 2.13 bits per heavy atom. The minimum Gasteiger partial charge on any atom is -0.326 e. The van der Waals surface area contributed by atoms with Gasteiger partial charge in [-0.2, -0.15) is 13.2 Å². The number of benzene rings is 3. The summed E-state index contributed by atoms with van der Waals surface area (Å²) in [4.78, 5) is 38.9. The molecule has 3 aromatic rings. The van der Waals surface area contributed by atoms with Gasteiger partial charge >= 0.3 is 6.18 Å². The third-order valence-corrected chi connectivity index (χ3v) is 5.12. The van der Waals surface area contributed by atoms with E-state index in [1.54, 1.807) is 24.3 Å². The van der Waals surface area contributed by atoms with Crippen LogP contribution in [-0.2, 0) is 11.0 Å². The Morgan fingerprint density at radius 2 is 1.52 bits per heavy atom. The molecule has 0 radical (unpaired) electrons. The fourth-order valence-electron chi connectivity index (χ4n) is 3.68. The van der Waals surface area contributed by atoms with Gasteiger partial charge in [0.15, 0.2) is 0 Å². The fraction of sp³-hybridized carbons (Fsp3) is 0.174.